The summed E-state index contributed by atoms with van der Waals surface area (Å²) in [6, 6.07) is 21.4. The van der Waals surface area contributed by atoms with E-state index in [2.05, 4.69) is 0 Å². The summed E-state index contributed by atoms with van der Waals surface area (Å²) in [4.78, 5) is 22.2. The van der Waals surface area contributed by atoms with Gasteiger partial charge in [-0.1, -0.05) is 60.7 Å². The molecule has 3 rings (SSSR count). The summed E-state index contributed by atoms with van der Waals surface area (Å²) in [6.45, 7) is 0. The molecule has 4 nitrogen and oxygen atoms in total. The van der Waals surface area contributed by atoms with Crippen LogP contribution in [-0.2, 0) is 0 Å². The average Bonchev–Trinajstić information content (AvgIpc) is 2.61. The lowest BCUT2D eigenvalue weighted by molar-refractivity contribution is -0.384. The molecule has 0 atom stereocenters. The summed E-state index contributed by atoms with van der Waals surface area (Å²) in [6.07, 6.45) is 0.802. The summed E-state index contributed by atoms with van der Waals surface area (Å²) >= 11 is 0. The molecular formula is C19H13NO3. The van der Waals surface area contributed by atoms with Crippen molar-refractivity contribution in [2.75, 3.05) is 0 Å². The van der Waals surface area contributed by atoms with E-state index < -0.39 is 4.92 Å². The zero-order valence-electron chi connectivity index (χ0n) is 12.2. The van der Waals surface area contributed by atoms with Gasteiger partial charge in [0.2, 0.25) is 0 Å². The number of carbonyl (C=O) groups is 1. The summed E-state index contributed by atoms with van der Waals surface area (Å²) in [7, 11) is 0. The molecule has 112 valence electrons. The zero-order chi connectivity index (χ0) is 16.2. The Hall–Kier alpha value is -3.27. The molecule has 0 aliphatic heterocycles. The van der Waals surface area contributed by atoms with Gasteiger partial charge in [-0.2, -0.15) is 0 Å². The molecule has 0 saturated heterocycles. The molecular weight excluding hydrogens is 290 g/mol. The van der Waals surface area contributed by atoms with Crippen LogP contribution >= 0.6 is 0 Å². The SMILES string of the molecule is O=Cc1c(-c2ccccc2)cccc1-c1cccc([N+](=O)[O-])c1. The van der Waals surface area contributed by atoms with Crippen molar-refractivity contribution < 1.29 is 9.72 Å². The molecule has 0 aliphatic carbocycles. The molecule has 0 aromatic heterocycles. The van der Waals surface area contributed by atoms with Crippen molar-refractivity contribution in [3.63, 3.8) is 0 Å². The largest absolute Gasteiger partial charge is 0.298 e. The van der Waals surface area contributed by atoms with Gasteiger partial charge >= 0.3 is 0 Å². The van der Waals surface area contributed by atoms with Gasteiger partial charge in [0.15, 0.2) is 6.29 Å². The first-order valence-corrected chi connectivity index (χ1v) is 7.09. The standard InChI is InChI=1S/C19H13NO3/c21-13-19-17(14-6-2-1-3-7-14)10-5-11-18(19)15-8-4-9-16(12-15)20(22)23/h1-13H. The Morgan fingerprint density at radius 3 is 2.04 bits per heavy atom. The molecule has 0 aliphatic rings. The van der Waals surface area contributed by atoms with Crippen molar-refractivity contribution >= 4 is 12.0 Å². The number of carbonyl (C=O) groups excluding carboxylic acids is 1. The van der Waals surface area contributed by atoms with Crippen molar-refractivity contribution in [3.8, 4) is 22.3 Å². The highest BCUT2D eigenvalue weighted by Gasteiger charge is 2.13. The van der Waals surface area contributed by atoms with Crippen LogP contribution in [-0.4, -0.2) is 11.2 Å². The molecule has 0 fully saturated rings. The molecule has 4 heteroatoms. The quantitative estimate of drug-likeness (QED) is 0.397. The van der Waals surface area contributed by atoms with E-state index in [0.717, 1.165) is 17.4 Å². The van der Waals surface area contributed by atoms with Crippen LogP contribution in [0.3, 0.4) is 0 Å². The Morgan fingerprint density at radius 2 is 1.39 bits per heavy atom. The Balaban J connectivity index is 2.19. The minimum Gasteiger partial charge on any atom is -0.298 e. The fraction of sp³-hybridized carbons (Fsp3) is 0. The molecule has 0 unspecified atom stereocenters. The molecule has 23 heavy (non-hydrogen) atoms. The van der Waals surface area contributed by atoms with Crippen LogP contribution in [0.25, 0.3) is 22.3 Å². The number of non-ortho nitro benzene ring substituents is 1. The van der Waals surface area contributed by atoms with Crippen LogP contribution in [0, 0.1) is 10.1 Å². The first-order chi connectivity index (χ1) is 11.2. The van der Waals surface area contributed by atoms with Gasteiger partial charge in [-0.05, 0) is 22.3 Å². The first-order valence-electron chi connectivity index (χ1n) is 7.09. The minimum atomic E-state index is -0.439. The number of nitrogens with zero attached hydrogens (tertiary/aromatic N) is 1. The minimum absolute atomic E-state index is 0.00413. The van der Waals surface area contributed by atoms with E-state index in [9.17, 15) is 14.9 Å². The van der Waals surface area contributed by atoms with Crippen LogP contribution in [0.15, 0.2) is 72.8 Å². The van der Waals surface area contributed by atoms with E-state index >= 15 is 0 Å². The van der Waals surface area contributed by atoms with Crippen LogP contribution < -0.4 is 0 Å². The summed E-state index contributed by atoms with van der Waals surface area (Å²) in [5.41, 5.74) is 3.61. The van der Waals surface area contributed by atoms with E-state index in [4.69, 9.17) is 0 Å². The highest BCUT2D eigenvalue weighted by molar-refractivity contribution is 5.96. The molecule has 0 heterocycles. The summed E-state index contributed by atoms with van der Waals surface area (Å²) in [5, 5.41) is 11.0. The van der Waals surface area contributed by atoms with Gasteiger partial charge in [-0.15, -0.1) is 0 Å². The number of hydrogen-bond acceptors (Lipinski definition) is 3. The third-order valence-corrected chi connectivity index (χ3v) is 3.68. The van der Waals surface area contributed by atoms with Gasteiger partial charge < -0.3 is 0 Å². The van der Waals surface area contributed by atoms with E-state index in [-0.39, 0.29) is 5.69 Å². The number of rotatable bonds is 4. The van der Waals surface area contributed by atoms with E-state index in [0.29, 0.717) is 16.7 Å². The normalized spacial score (nSPS) is 10.3. The summed E-state index contributed by atoms with van der Waals surface area (Å²) < 4.78 is 0. The van der Waals surface area contributed by atoms with Crippen molar-refractivity contribution in [2.24, 2.45) is 0 Å². The van der Waals surface area contributed by atoms with Gasteiger partial charge in [-0.25, -0.2) is 0 Å². The predicted molar refractivity (Wildman–Crippen MR) is 89.4 cm³/mol. The Kier molecular flexibility index (Phi) is 3.97. The average molecular weight is 303 g/mol. The smallest absolute Gasteiger partial charge is 0.270 e. The molecule has 0 radical (unpaired) electrons. The van der Waals surface area contributed by atoms with Crippen LogP contribution in [0.4, 0.5) is 5.69 Å². The van der Waals surface area contributed by atoms with E-state index in [1.807, 2.05) is 42.5 Å². The van der Waals surface area contributed by atoms with Crippen LogP contribution in [0.1, 0.15) is 10.4 Å². The van der Waals surface area contributed by atoms with Crippen molar-refractivity contribution in [3.05, 3.63) is 88.5 Å². The first kappa shape index (κ1) is 14.7. The number of aldehydes is 1. The van der Waals surface area contributed by atoms with Crippen LogP contribution in [0.2, 0.25) is 0 Å². The zero-order valence-corrected chi connectivity index (χ0v) is 12.2. The summed E-state index contributed by atoms with van der Waals surface area (Å²) in [5.74, 6) is 0. The fourth-order valence-electron chi connectivity index (χ4n) is 2.60. The monoisotopic (exact) mass is 303 g/mol. The third kappa shape index (κ3) is 2.87. The second kappa shape index (κ2) is 6.23. The van der Waals surface area contributed by atoms with E-state index in [1.54, 1.807) is 18.2 Å². The Bertz CT molecular complexity index is 873. The lowest BCUT2D eigenvalue weighted by atomic mass is 9.92. The van der Waals surface area contributed by atoms with Gasteiger partial charge in [0.05, 0.1) is 4.92 Å². The van der Waals surface area contributed by atoms with Gasteiger partial charge in [0.25, 0.3) is 5.69 Å². The maximum absolute atomic E-state index is 11.7. The van der Waals surface area contributed by atoms with Gasteiger partial charge in [0.1, 0.15) is 0 Å². The molecule has 0 bridgehead atoms. The fourth-order valence-corrected chi connectivity index (χ4v) is 2.60. The molecule has 0 saturated carbocycles. The maximum Gasteiger partial charge on any atom is 0.270 e. The van der Waals surface area contributed by atoms with Crippen LogP contribution in [0.5, 0.6) is 0 Å². The number of hydrogen-bond donors (Lipinski definition) is 0. The highest BCUT2D eigenvalue weighted by atomic mass is 16.6. The van der Waals surface area contributed by atoms with Gasteiger partial charge in [-0.3, -0.25) is 14.9 Å². The Morgan fingerprint density at radius 1 is 0.783 bits per heavy atom. The molecule has 3 aromatic rings. The topological polar surface area (TPSA) is 60.2 Å². The highest BCUT2D eigenvalue weighted by Crippen LogP contribution is 2.32. The second-order valence-electron chi connectivity index (χ2n) is 5.06. The van der Waals surface area contributed by atoms with Gasteiger partial charge in [0, 0.05) is 17.7 Å². The maximum atomic E-state index is 11.7. The number of nitro benzene ring substituents is 1. The number of benzene rings is 3. The van der Waals surface area contributed by atoms with Crippen molar-refractivity contribution in [2.45, 2.75) is 0 Å². The van der Waals surface area contributed by atoms with E-state index in [1.165, 1.54) is 12.1 Å². The molecule has 0 spiro atoms. The lowest BCUT2D eigenvalue weighted by Crippen LogP contribution is -1.94. The third-order valence-electron chi connectivity index (χ3n) is 3.68. The molecule has 3 aromatic carbocycles. The predicted octanol–water partition coefficient (Wildman–Crippen LogP) is 4.74. The van der Waals surface area contributed by atoms with Crippen molar-refractivity contribution in [1.82, 2.24) is 0 Å². The molecule has 0 amide bonds. The lowest BCUT2D eigenvalue weighted by Gasteiger charge is -2.11. The number of nitro groups is 1. The second-order valence-corrected chi connectivity index (χ2v) is 5.06. The Labute approximate surface area is 133 Å². The van der Waals surface area contributed by atoms with Crippen molar-refractivity contribution in [1.29, 1.82) is 0 Å². The molecule has 0 N–H and O–H groups in total.